The van der Waals surface area contributed by atoms with Crippen LogP contribution in [0, 0.1) is 0 Å². The van der Waals surface area contributed by atoms with Crippen LogP contribution in [0.4, 0.5) is 0 Å². The number of fused-ring (bicyclic) bond motifs is 1. The molecule has 6 nitrogen and oxygen atoms in total. The number of aromatic nitrogens is 3. The number of nitrogens with zero attached hydrogens (tertiary/aromatic N) is 3. The van der Waals surface area contributed by atoms with Crippen molar-refractivity contribution in [1.29, 1.82) is 0 Å². The van der Waals surface area contributed by atoms with Crippen molar-refractivity contribution in [3.63, 3.8) is 0 Å². The lowest BCUT2D eigenvalue weighted by Crippen LogP contribution is -2.01. The van der Waals surface area contributed by atoms with Gasteiger partial charge < -0.3 is 14.2 Å². The van der Waals surface area contributed by atoms with Crippen molar-refractivity contribution >= 4 is 16.9 Å². The lowest BCUT2D eigenvalue weighted by atomic mass is 10.1. The summed E-state index contributed by atoms with van der Waals surface area (Å²) in [5.41, 5.74) is 1.13. The Hall–Kier alpha value is -2.63. The highest BCUT2D eigenvalue weighted by molar-refractivity contribution is 5.93. The largest absolute Gasteiger partial charge is 0.478 e. The van der Waals surface area contributed by atoms with Gasteiger partial charge in [-0.1, -0.05) is 11.2 Å². The summed E-state index contributed by atoms with van der Waals surface area (Å²) in [5.74, 6) is 0.842. The maximum absolute atomic E-state index is 11.1. The van der Waals surface area contributed by atoms with Gasteiger partial charge >= 0.3 is 5.97 Å². The predicted molar refractivity (Wildman–Crippen MR) is 74.3 cm³/mol. The van der Waals surface area contributed by atoms with Crippen molar-refractivity contribution in [2.24, 2.45) is 0 Å². The van der Waals surface area contributed by atoms with Gasteiger partial charge in [-0.3, -0.25) is 0 Å². The first-order valence-corrected chi connectivity index (χ1v) is 6.85. The summed E-state index contributed by atoms with van der Waals surface area (Å²) in [5, 5.41) is 14.1. The summed E-state index contributed by atoms with van der Waals surface area (Å²) >= 11 is 0. The lowest BCUT2D eigenvalue weighted by molar-refractivity contribution is 0.0697. The van der Waals surface area contributed by atoms with E-state index in [2.05, 4.69) is 10.1 Å². The fourth-order valence-electron chi connectivity index (χ4n) is 2.43. The molecule has 3 aromatic rings. The molecule has 0 radical (unpaired) electrons. The minimum Gasteiger partial charge on any atom is -0.478 e. The second-order valence-electron chi connectivity index (χ2n) is 5.35. The van der Waals surface area contributed by atoms with Gasteiger partial charge in [0.1, 0.15) is 0 Å². The Morgan fingerprint density at radius 2 is 2.24 bits per heavy atom. The van der Waals surface area contributed by atoms with Crippen molar-refractivity contribution in [3.05, 3.63) is 47.7 Å². The summed E-state index contributed by atoms with van der Waals surface area (Å²) < 4.78 is 7.18. The molecule has 0 atom stereocenters. The van der Waals surface area contributed by atoms with Crippen molar-refractivity contribution < 1.29 is 14.4 Å². The monoisotopic (exact) mass is 283 g/mol. The van der Waals surface area contributed by atoms with Crippen LogP contribution in [-0.2, 0) is 6.54 Å². The molecule has 0 spiro atoms. The zero-order chi connectivity index (χ0) is 14.4. The van der Waals surface area contributed by atoms with E-state index in [4.69, 9.17) is 9.63 Å². The Morgan fingerprint density at radius 1 is 1.38 bits per heavy atom. The number of carboxylic acid groups (broad SMARTS) is 1. The molecule has 0 unspecified atom stereocenters. The van der Waals surface area contributed by atoms with Gasteiger partial charge in [0.2, 0.25) is 5.89 Å². The van der Waals surface area contributed by atoms with E-state index >= 15 is 0 Å². The normalized spacial score (nSPS) is 14.7. The van der Waals surface area contributed by atoms with Crippen LogP contribution < -0.4 is 0 Å². The second-order valence-corrected chi connectivity index (χ2v) is 5.35. The standard InChI is InChI=1S/C15H13N3O3/c19-15(20)11-4-1-9-5-6-18(12(9)7-11)8-13-16-14(21-17-13)10-2-3-10/h1,4-7,10H,2-3,8H2,(H,19,20). The molecular weight excluding hydrogens is 270 g/mol. The lowest BCUT2D eigenvalue weighted by Gasteiger charge is -2.02. The van der Waals surface area contributed by atoms with Gasteiger partial charge in [-0.05, 0) is 36.4 Å². The van der Waals surface area contributed by atoms with Crippen molar-refractivity contribution in [1.82, 2.24) is 14.7 Å². The van der Waals surface area contributed by atoms with Gasteiger partial charge in [0.15, 0.2) is 5.82 Å². The molecule has 0 amide bonds. The van der Waals surface area contributed by atoms with Gasteiger partial charge in [0.25, 0.3) is 0 Å². The molecule has 2 aromatic heterocycles. The molecule has 21 heavy (non-hydrogen) atoms. The molecule has 0 aliphatic heterocycles. The summed E-state index contributed by atoms with van der Waals surface area (Å²) in [6.07, 6.45) is 4.15. The Balaban J connectivity index is 1.68. The number of rotatable bonds is 4. The van der Waals surface area contributed by atoms with E-state index in [9.17, 15) is 4.79 Å². The van der Waals surface area contributed by atoms with Crippen LogP contribution in [0.5, 0.6) is 0 Å². The van der Waals surface area contributed by atoms with Crippen LogP contribution in [0.15, 0.2) is 35.0 Å². The van der Waals surface area contributed by atoms with E-state index in [1.54, 1.807) is 18.2 Å². The minimum atomic E-state index is -0.930. The van der Waals surface area contributed by atoms with E-state index in [1.165, 1.54) is 0 Å². The molecule has 1 aromatic carbocycles. The second kappa shape index (κ2) is 4.44. The van der Waals surface area contributed by atoms with E-state index in [-0.39, 0.29) is 5.56 Å². The first-order chi connectivity index (χ1) is 10.2. The molecule has 1 saturated carbocycles. The van der Waals surface area contributed by atoms with Crippen LogP contribution in [0.25, 0.3) is 10.9 Å². The molecule has 1 aliphatic carbocycles. The van der Waals surface area contributed by atoms with Crippen LogP contribution >= 0.6 is 0 Å². The van der Waals surface area contributed by atoms with E-state index in [1.807, 2.05) is 16.8 Å². The van der Waals surface area contributed by atoms with Crippen LogP contribution in [0.1, 0.15) is 40.8 Å². The molecule has 2 heterocycles. The quantitative estimate of drug-likeness (QED) is 0.796. The van der Waals surface area contributed by atoms with Gasteiger partial charge in [0.05, 0.1) is 12.1 Å². The summed E-state index contributed by atoms with van der Waals surface area (Å²) in [7, 11) is 0. The molecular formula is C15H13N3O3. The fourth-order valence-corrected chi connectivity index (χ4v) is 2.43. The van der Waals surface area contributed by atoms with Gasteiger partial charge in [-0.2, -0.15) is 4.98 Å². The number of aromatic carboxylic acids is 1. The number of carboxylic acids is 1. The van der Waals surface area contributed by atoms with Crippen molar-refractivity contribution in [3.8, 4) is 0 Å². The Morgan fingerprint density at radius 3 is 3.00 bits per heavy atom. The molecule has 4 rings (SSSR count). The maximum Gasteiger partial charge on any atom is 0.335 e. The number of hydrogen-bond acceptors (Lipinski definition) is 4. The first-order valence-electron chi connectivity index (χ1n) is 6.85. The third-order valence-corrected chi connectivity index (χ3v) is 3.74. The fraction of sp³-hybridized carbons (Fsp3) is 0.267. The zero-order valence-corrected chi connectivity index (χ0v) is 11.2. The maximum atomic E-state index is 11.1. The average molecular weight is 283 g/mol. The molecule has 106 valence electrons. The third-order valence-electron chi connectivity index (χ3n) is 3.74. The SMILES string of the molecule is O=C(O)c1ccc2ccn(Cc3noc(C4CC4)n3)c2c1. The Bertz CT molecular complexity index is 830. The van der Waals surface area contributed by atoms with E-state index in [0.717, 1.165) is 23.7 Å². The molecule has 0 bridgehead atoms. The summed E-state index contributed by atoms with van der Waals surface area (Å²) in [4.78, 5) is 15.5. The van der Waals surface area contributed by atoms with Gasteiger partial charge in [-0.25, -0.2) is 4.79 Å². The van der Waals surface area contributed by atoms with Crippen molar-refractivity contribution in [2.45, 2.75) is 25.3 Å². The van der Waals surface area contributed by atoms with E-state index in [0.29, 0.717) is 24.2 Å². The number of hydrogen-bond donors (Lipinski definition) is 1. The molecule has 1 N–H and O–H groups in total. The van der Waals surface area contributed by atoms with Gasteiger partial charge in [-0.15, -0.1) is 0 Å². The Kier molecular flexibility index (Phi) is 2.57. The molecule has 1 aliphatic rings. The van der Waals surface area contributed by atoms with Crippen LogP contribution in [-0.4, -0.2) is 25.8 Å². The highest BCUT2D eigenvalue weighted by Gasteiger charge is 2.29. The third kappa shape index (κ3) is 2.18. The predicted octanol–water partition coefficient (Wildman–Crippen LogP) is 2.65. The van der Waals surface area contributed by atoms with E-state index < -0.39 is 5.97 Å². The van der Waals surface area contributed by atoms with Gasteiger partial charge in [0, 0.05) is 17.6 Å². The zero-order valence-electron chi connectivity index (χ0n) is 11.2. The topological polar surface area (TPSA) is 81.1 Å². The Labute approximate surface area is 120 Å². The highest BCUT2D eigenvalue weighted by Crippen LogP contribution is 2.38. The number of benzene rings is 1. The molecule has 1 fully saturated rings. The average Bonchev–Trinajstić information content (AvgIpc) is 3.10. The first kappa shape index (κ1) is 12.1. The van der Waals surface area contributed by atoms with Crippen LogP contribution in [0.3, 0.4) is 0 Å². The van der Waals surface area contributed by atoms with Crippen LogP contribution in [0.2, 0.25) is 0 Å². The summed E-state index contributed by atoms with van der Waals surface area (Å²) in [6, 6.07) is 7.03. The highest BCUT2D eigenvalue weighted by atomic mass is 16.5. The molecule has 6 heteroatoms. The summed E-state index contributed by atoms with van der Waals surface area (Å²) in [6.45, 7) is 0.475. The number of carbonyl (C=O) groups is 1. The van der Waals surface area contributed by atoms with Crippen molar-refractivity contribution in [2.75, 3.05) is 0 Å². The molecule has 0 saturated heterocycles. The smallest absolute Gasteiger partial charge is 0.335 e. The minimum absolute atomic E-state index is 0.272.